The normalized spacial score (nSPS) is 16.7. The van der Waals surface area contributed by atoms with Crippen LogP contribution in [0.15, 0.2) is 23.1 Å². The summed E-state index contributed by atoms with van der Waals surface area (Å²) in [5.74, 6) is 0. The molecule has 0 aromatic heterocycles. The molecule has 1 fully saturated rings. The Morgan fingerprint density at radius 2 is 2.00 bits per heavy atom. The van der Waals surface area contributed by atoms with Crippen LogP contribution >= 0.6 is 0 Å². The first kappa shape index (κ1) is 16.3. The lowest BCUT2D eigenvalue weighted by molar-refractivity contribution is 0.250. The lowest BCUT2D eigenvalue weighted by Crippen LogP contribution is -2.37. The minimum Gasteiger partial charge on any atom is -0.399 e. The SMILES string of the molecule is Cc1ccc(N)cc1S(=O)(=O)NCCN(C)C1CCCC1. The van der Waals surface area contributed by atoms with Gasteiger partial charge >= 0.3 is 0 Å². The van der Waals surface area contributed by atoms with Crippen molar-refractivity contribution >= 4 is 15.7 Å². The van der Waals surface area contributed by atoms with Crippen LogP contribution in [-0.2, 0) is 10.0 Å². The van der Waals surface area contributed by atoms with E-state index in [2.05, 4.69) is 16.7 Å². The molecule has 6 heteroatoms. The number of nitrogens with one attached hydrogen (secondary N) is 1. The molecule has 2 rings (SSSR count). The topological polar surface area (TPSA) is 75.4 Å². The molecule has 1 saturated carbocycles. The third kappa shape index (κ3) is 4.18. The summed E-state index contributed by atoms with van der Waals surface area (Å²) in [6, 6.07) is 5.55. The molecular weight excluding hydrogens is 286 g/mol. The first-order valence-corrected chi connectivity index (χ1v) is 8.94. The molecule has 1 aliphatic carbocycles. The molecular formula is C15H25N3O2S. The zero-order valence-electron chi connectivity index (χ0n) is 12.8. The van der Waals surface area contributed by atoms with Gasteiger partial charge in [-0.25, -0.2) is 13.1 Å². The van der Waals surface area contributed by atoms with Crippen molar-refractivity contribution in [2.45, 2.75) is 43.5 Å². The van der Waals surface area contributed by atoms with Gasteiger partial charge in [0.05, 0.1) is 4.90 Å². The van der Waals surface area contributed by atoms with Gasteiger partial charge in [0, 0.05) is 24.8 Å². The number of nitrogen functional groups attached to an aromatic ring is 1. The molecule has 0 atom stereocenters. The lowest BCUT2D eigenvalue weighted by Gasteiger charge is -2.24. The van der Waals surface area contributed by atoms with E-state index in [0.29, 0.717) is 23.8 Å². The zero-order chi connectivity index (χ0) is 15.5. The van der Waals surface area contributed by atoms with Crippen LogP contribution in [0.3, 0.4) is 0 Å². The number of anilines is 1. The molecule has 21 heavy (non-hydrogen) atoms. The van der Waals surface area contributed by atoms with Crippen LogP contribution in [0.4, 0.5) is 5.69 Å². The Labute approximate surface area is 127 Å². The van der Waals surface area contributed by atoms with Crippen molar-refractivity contribution in [3.63, 3.8) is 0 Å². The first-order chi connectivity index (χ1) is 9.90. The highest BCUT2D eigenvalue weighted by molar-refractivity contribution is 7.89. The molecule has 0 heterocycles. The number of hydrogen-bond acceptors (Lipinski definition) is 4. The molecule has 118 valence electrons. The van der Waals surface area contributed by atoms with Gasteiger partial charge in [-0.15, -0.1) is 0 Å². The van der Waals surface area contributed by atoms with Gasteiger partial charge in [0.1, 0.15) is 0 Å². The summed E-state index contributed by atoms with van der Waals surface area (Å²) >= 11 is 0. The van der Waals surface area contributed by atoms with Gasteiger partial charge in [-0.05, 0) is 44.5 Å². The molecule has 0 saturated heterocycles. The van der Waals surface area contributed by atoms with Crippen LogP contribution in [0.25, 0.3) is 0 Å². The van der Waals surface area contributed by atoms with Gasteiger partial charge in [0.15, 0.2) is 0 Å². The summed E-state index contributed by atoms with van der Waals surface area (Å²) in [6.45, 7) is 2.92. The Bertz CT molecular complexity index is 581. The maximum Gasteiger partial charge on any atom is 0.240 e. The predicted molar refractivity (Wildman–Crippen MR) is 85.7 cm³/mol. The van der Waals surface area contributed by atoms with Crippen molar-refractivity contribution in [1.82, 2.24) is 9.62 Å². The largest absolute Gasteiger partial charge is 0.399 e. The van der Waals surface area contributed by atoms with E-state index >= 15 is 0 Å². The zero-order valence-corrected chi connectivity index (χ0v) is 13.6. The van der Waals surface area contributed by atoms with Crippen molar-refractivity contribution < 1.29 is 8.42 Å². The number of sulfonamides is 1. The smallest absolute Gasteiger partial charge is 0.240 e. The number of aryl methyl sites for hydroxylation is 1. The fourth-order valence-electron chi connectivity index (χ4n) is 2.87. The highest BCUT2D eigenvalue weighted by Gasteiger charge is 2.20. The Balaban J connectivity index is 1.93. The Morgan fingerprint density at radius 1 is 1.33 bits per heavy atom. The van der Waals surface area contributed by atoms with E-state index in [1.54, 1.807) is 19.1 Å². The molecule has 0 spiro atoms. The monoisotopic (exact) mass is 311 g/mol. The molecule has 0 amide bonds. The molecule has 5 nitrogen and oxygen atoms in total. The number of hydrogen-bond donors (Lipinski definition) is 2. The van der Waals surface area contributed by atoms with Crippen molar-refractivity contribution in [3.05, 3.63) is 23.8 Å². The second kappa shape index (κ2) is 6.77. The van der Waals surface area contributed by atoms with Crippen LogP contribution in [0.2, 0.25) is 0 Å². The quantitative estimate of drug-likeness (QED) is 0.785. The maximum atomic E-state index is 12.3. The molecule has 0 aliphatic heterocycles. The number of nitrogens with two attached hydrogens (primary N) is 1. The van der Waals surface area contributed by atoms with E-state index in [1.807, 2.05) is 0 Å². The number of nitrogens with zero attached hydrogens (tertiary/aromatic N) is 1. The average Bonchev–Trinajstić information content (AvgIpc) is 2.95. The number of rotatable bonds is 6. The van der Waals surface area contributed by atoms with Crippen molar-refractivity contribution in [2.24, 2.45) is 0 Å². The van der Waals surface area contributed by atoms with E-state index in [4.69, 9.17) is 5.73 Å². The highest BCUT2D eigenvalue weighted by Crippen LogP contribution is 2.22. The third-order valence-corrected chi connectivity index (χ3v) is 5.81. The fraction of sp³-hybridized carbons (Fsp3) is 0.600. The van der Waals surface area contributed by atoms with Gasteiger partial charge in [-0.2, -0.15) is 0 Å². The Hall–Kier alpha value is -1.11. The Morgan fingerprint density at radius 3 is 2.67 bits per heavy atom. The number of likely N-dealkylation sites (N-methyl/N-ethyl adjacent to an activating group) is 1. The van der Waals surface area contributed by atoms with Crippen molar-refractivity contribution in [2.75, 3.05) is 25.9 Å². The van der Waals surface area contributed by atoms with E-state index in [-0.39, 0.29) is 4.90 Å². The summed E-state index contributed by atoms with van der Waals surface area (Å²) in [4.78, 5) is 2.52. The minimum atomic E-state index is -3.49. The van der Waals surface area contributed by atoms with Gasteiger partial charge in [0.2, 0.25) is 10.0 Å². The van der Waals surface area contributed by atoms with Gasteiger partial charge < -0.3 is 10.6 Å². The molecule has 1 aromatic carbocycles. The molecule has 0 radical (unpaired) electrons. The molecule has 0 unspecified atom stereocenters. The summed E-state index contributed by atoms with van der Waals surface area (Å²) in [6.07, 6.45) is 5.00. The van der Waals surface area contributed by atoms with E-state index < -0.39 is 10.0 Å². The second-order valence-corrected chi connectivity index (χ2v) is 7.58. The first-order valence-electron chi connectivity index (χ1n) is 7.46. The highest BCUT2D eigenvalue weighted by atomic mass is 32.2. The minimum absolute atomic E-state index is 0.269. The van der Waals surface area contributed by atoms with Gasteiger partial charge in [-0.3, -0.25) is 0 Å². The number of benzene rings is 1. The van der Waals surface area contributed by atoms with Crippen LogP contribution in [0.5, 0.6) is 0 Å². The van der Waals surface area contributed by atoms with Crippen molar-refractivity contribution in [1.29, 1.82) is 0 Å². The molecule has 1 aromatic rings. The molecule has 3 N–H and O–H groups in total. The van der Waals surface area contributed by atoms with Crippen LogP contribution in [0.1, 0.15) is 31.2 Å². The fourth-order valence-corrected chi connectivity index (χ4v) is 4.17. The Kier molecular flexibility index (Phi) is 5.24. The maximum absolute atomic E-state index is 12.3. The standard InChI is InChI=1S/C15H25N3O2S/c1-12-7-8-13(16)11-15(12)21(19,20)17-9-10-18(2)14-5-3-4-6-14/h7-8,11,14,17H,3-6,9-10,16H2,1-2H3. The van der Waals surface area contributed by atoms with Crippen molar-refractivity contribution in [3.8, 4) is 0 Å². The lowest BCUT2D eigenvalue weighted by atomic mass is 10.2. The summed E-state index contributed by atoms with van der Waals surface area (Å²) in [7, 11) is -1.42. The van der Waals surface area contributed by atoms with Crippen LogP contribution in [-0.4, -0.2) is 39.5 Å². The molecule has 1 aliphatic rings. The second-order valence-electron chi connectivity index (χ2n) is 5.84. The van der Waals surface area contributed by atoms with Gasteiger partial charge in [0.25, 0.3) is 0 Å². The van der Waals surface area contributed by atoms with Gasteiger partial charge in [-0.1, -0.05) is 18.9 Å². The summed E-state index contributed by atoms with van der Waals surface area (Å²) in [5, 5.41) is 0. The van der Waals surface area contributed by atoms with E-state index in [1.165, 1.54) is 31.7 Å². The summed E-state index contributed by atoms with van der Waals surface area (Å²) < 4.78 is 27.3. The predicted octanol–water partition coefficient (Wildman–Crippen LogP) is 1.73. The molecule has 0 bridgehead atoms. The van der Waals surface area contributed by atoms with Crippen LogP contribution < -0.4 is 10.5 Å². The van der Waals surface area contributed by atoms with E-state index in [9.17, 15) is 8.42 Å². The van der Waals surface area contributed by atoms with Crippen LogP contribution in [0, 0.1) is 6.92 Å². The average molecular weight is 311 g/mol. The third-order valence-electron chi connectivity index (χ3n) is 4.21. The summed E-state index contributed by atoms with van der Waals surface area (Å²) in [5.41, 5.74) is 6.85. The van der Waals surface area contributed by atoms with E-state index in [0.717, 1.165) is 6.54 Å².